The maximum atomic E-state index is 8.56. The van der Waals surface area contributed by atoms with E-state index in [1.165, 1.54) is 0 Å². The van der Waals surface area contributed by atoms with Gasteiger partial charge in [-0.3, -0.25) is 0 Å². The standard InChI is InChI=1S/2CH2O3.5Mg.2H2O.2O/c2*2-1(3)4;;;;;;;;;/h2*(H2,2,3,4);;;;;;2*1H2;;/q;;5*+2;;;2*-2. The summed E-state index contributed by atoms with van der Waals surface area (Å²) in [5.74, 6) is 0. The summed E-state index contributed by atoms with van der Waals surface area (Å²) in [6.07, 6.45) is -3.67. The Morgan fingerprint density at radius 3 is 0.529 bits per heavy atom. The third-order valence-corrected chi connectivity index (χ3v) is 0. The van der Waals surface area contributed by atoms with Crippen LogP contribution in [0.1, 0.15) is 0 Å². The Morgan fingerprint density at radius 1 is 0.529 bits per heavy atom. The Labute approximate surface area is 177 Å². The molecule has 10 nitrogen and oxygen atoms in total. The number of carbonyl (C=O) groups is 2. The molecule has 8 N–H and O–H groups in total. The summed E-state index contributed by atoms with van der Waals surface area (Å²) < 4.78 is 0. The second kappa shape index (κ2) is 80.0. The Morgan fingerprint density at radius 2 is 0.529 bits per heavy atom. The molecule has 0 aromatic heterocycles. The number of hydrogen-bond acceptors (Lipinski definition) is 2. The Bertz CT molecular complexity index is 80.7. The fourth-order valence-corrected chi connectivity index (χ4v) is 0. The topological polar surface area (TPSA) is 235 Å². The molecule has 0 aromatic rings. The quantitative estimate of drug-likeness (QED) is 0.333. The van der Waals surface area contributed by atoms with E-state index in [0.717, 1.165) is 0 Å². The van der Waals surface area contributed by atoms with Gasteiger partial charge in [-0.25, -0.2) is 9.59 Å². The van der Waals surface area contributed by atoms with E-state index in [4.69, 9.17) is 30.0 Å². The van der Waals surface area contributed by atoms with Crippen molar-refractivity contribution in [3.63, 3.8) is 0 Å². The average Bonchev–Trinajstić information content (AvgIpc) is 1.25. The normalized spacial score (nSPS) is 2.82. The van der Waals surface area contributed by atoms with Crippen LogP contribution in [0.25, 0.3) is 0 Å². The second-order valence-corrected chi connectivity index (χ2v) is 0.565. The molecule has 0 aliphatic carbocycles. The molecule has 0 saturated carbocycles. The molecule has 0 aromatic carbocycles. The smallest absolute Gasteiger partial charge is 2.00 e. The molecule has 0 fully saturated rings. The molecule has 80 valence electrons. The molecule has 0 unspecified atom stereocenters. The van der Waals surface area contributed by atoms with E-state index in [1.807, 2.05) is 0 Å². The summed E-state index contributed by atoms with van der Waals surface area (Å²) in [4.78, 5) is 17.1. The summed E-state index contributed by atoms with van der Waals surface area (Å²) in [7, 11) is 0. The minimum absolute atomic E-state index is 0. The van der Waals surface area contributed by atoms with Crippen molar-refractivity contribution < 1.29 is 51.9 Å². The van der Waals surface area contributed by atoms with E-state index in [2.05, 4.69) is 0 Å². The van der Waals surface area contributed by atoms with Crippen LogP contribution in [-0.4, -0.2) is 159 Å². The first-order valence-corrected chi connectivity index (χ1v) is 1.30. The van der Waals surface area contributed by atoms with Gasteiger partial charge in [-0.2, -0.15) is 0 Å². The van der Waals surface area contributed by atoms with Gasteiger partial charge in [0.15, 0.2) is 0 Å². The largest absolute Gasteiger partial charge is 2.00 e. The molecule has 0 aliphatic rings. The zero-order chi connectivity index (χ0) is 7.15. The van der Waals surface area contributed by atoms with E-state index in [0.29, 0.717) is 0 Å². The molecule has 0 radical (unpaired) electrons. The molecule has 0 amide bonds. The molecular weight excluding hydrogens is 306 g/mol. The minimum atomic E-state index is -1.83. The number of hydrogen-bond donors (Lipinski definition) is 4. The maximum absolute atomic E-state index is 8.56. The van der Waals surface area contributed by atoms with Gasteiger partial charge in [0.05, 0.1) is 0 Å². The zero-order valence-electron chi connectivity index (χ0n) is 8.96. The van der Waals surface area contributed by atoms with Gasteiger partial charge >= 0.3 is 128 Å². The predicted molar refractivity (Wildman–Crippen MR) is 58.7 cm³/mol. The van der Waals surface area contributed by atoms with Gasteiger partial charge in [0.1, 0.15) is 0 Å². The monoisotopic (exact) mass is 312 g/mol. The van der Waals surface area contributed by atoms with Gasteiger partial charge in [-0.05, 0) is 0 Å². The summed E-state index contributed by atoms with van der Waals surface area (Å²) in [6.45, 7) is 0. The molecule has 0 bridgehead atoms. The number of rotatable bonds is 0. The fraction of sp³-hybridized carbons (Fsp3) is 0. The van der Waals surface area contributed by atoms with Crippen molar-refractivity contribution in [2.24, 2.45) is 0 Å². The zero-order valence-corrected chi connectivity index (χ0v) is 16.0. The Kier molecular flexibility index (Phi) is 445. The van der Waals surface area contributed by atoms with Crippen LogP contribution >= 0.6 is 0 Å². The van der Waals surface area contributed by atoms with Crippen molar-refractivity contribution in [3.05, 3.63) is 0 Å². The summed E-state index contributed by atoms with van der Waals surface area (Å²) in [6, 6.07) is 0. The van der Waals surface area contributed by atoms with Crippen molar-refractivity contribution in [3.8, 4) is 0 Å². The molecule has 15 heteroatoms. The van der Waals surface area contributed by atoms with Crippen molar-refractivity contribution >= 4 is 128 Å². The van der Waals surface area contributed by atoms with Crippen LogP contribution in [0.2, 0.25) is 0 Å². The second-order valence-electron chi connectivity index (χ2n) is 0.565. The fourth-order valence-electron chi connectivity index (χ4n) is 0. The first-order chi connectivity index (χ1) is 3.46. The van der Waals surface area contributed by atoms with Crippen molar-refractivity contribution in [1.82, 2.24) is 0 Å². The van der Waals surface area contributed by atoms with Gasteiger partial charge in [-0.15, -0.1) is 0 Å². The van der Waals surface area contributed by atoms with Gasteiger partial charge in [0.25, 0.3) is 0 Å². The van der Waals surface area contributed by atoms with Gasteiger partial charge in [0, 0.05) is 0 Å². The summed E-state index contributed by atoms with van der Waals surface area (Å²) in [5.41, 5.74) is 0. The molecule has 0 aliphatic heterocycles. The van der Waals surface area contributed by atoms with E-state index in [-0.39, 0.29) is 137 Å². The van der Waals surface area contributed by atoms with Crippen molar-refractivity contribution in [1.29, 1.82) is 0 Å². The first kappa shape index (κ1) is 94.5. The van der Waals surface area contributed by atoms with E-state index >= 15 is 0 Å². The van der Waals surface area contributed by atoms with Crippen molar-refractivity contribution in [2.45, 2.75) is 0 Å². The maximum Gasteiger partial charge on any atom is 2.00 e. The Balaban J connectivity index is -0.00000000308. The van der Waals surface area contributed by atoms with Gasteiger partial charge in [-0.1, -0.05) is 0 Å². The van der Waals surface area contributed by atoms with Crippen LogP contribution in [0, 0.1) is 0 Å². The Hall–Kier alpha value is 2.21. The van der Waals surface area contributed by atoms with Crippen LogP contribution in [0.3, 0.4) is 0 Å². The summed E-state index contributed by atoms with van der Waals surface area (Å²) >= 11 is 0. The first-order valence-electron chi connectivity index (χ1n) is 1.30. The van der Waals surface area contributed by atoms with Crippen LogP contribution in [0.15, 0.2) is 0 Å². The van der Waals surface area contributed by atoms with Gasteiger partial charge < -0.3 is 42.3 Å². The van der Waals surface area contributed by atoms with Crippen LogP contribution in [0.5, 0.6) is 0 Å². The van der Waals surface area contributed by atoms with Crippen molar-refractivity contribution in [2.75, 3.05) is 0 Å². The van der Waals surface area contributed by atoms with Crippen LogP contribution < -0.4 is 0 Å². The van der Waals surface area contributed by atoms with E-state index < -0.39 is 12.3 Å². The van der Waals surface area contributed by atoms with Gasteiger partial charge in [0.2, 0.25) is 0 Å². The van der Waals surface area contributed by atoms with Crippen LogP contribution in [-0.2, 0) is 11.0 Å². The molecular formula is C2H8Mg5O10+6. The average molecular weight is 314 g/mol. The van der Waals surface area contributed by atoms with E-state index in [9.17, 15) is 0 Å². The molecule has 0 spiro atoms. The molecule has 0 heterocycles. The SMILES string of the molecule is O.O.O=C(O)O.O=C(O)O.[Mg+2].[Mg+2].[Mg+2].[Mg+2].[Mg+2].[O-2].[O-2]. The number of carboxylic acid groups (broad SMARTS) is 4. The molecule has 0 rings (SSSR count). The van der Waals surface area contributed by atoms with Crippen LogP contribution in [0.4, 0.5) is 9.59 Å². The molecule has 0 atom stereocenters. The third kappa shape index (κ3) is 979. The predicted octanol–water partition coefficient (Wildman–Crippen LogP) is -3.35. The third-order valence-electron chi connectivity index (χ3n) is 0. The summed E-state index contributed by atoms with van der Waals surface area (Å²) in [5, 5.41) is 27.9. The molecule has 0 saturated heterocycles. The molecule has 17 heavy (non-hydrogen) atoms. The minimum Gasteiger partial charge on any atom is -2.00 e. The van der Waals surface area contributed by atoms with E-state index in [1.54, 1.807) is 0 Å².